The number of rotatable bonds is 6. The van der Waals surface area contributed by atoms with Gasteiger partial charge in [-0.3, -0.25) is 0 Å². The van der Waals surface area contributed by atoms with Crippen LogP contribution in [0, 0.1) is 0 Å². The number of phenols is 1. The Kier molecular flexibility index (Phi) is 4.20. The number of hydrogen-bond acceptors (Lipinski definition) is 4. The van der Waals surface area contributed by atoms with E-state index in [1.165, 1.54) is 0 Å². The molecule has 98 valence electrons. The molecular weight excluding hydrogens is 232 g/mol. The second-order valence-corrected chi connectivity index (χ2v) is 4.45. The molecule has 4 nitrogen and oxygen atoms in total. The number of hydrogen-bond donors (Lipinski definition) is 1. The molecule has 2 rings (SSSR count). The zero-order valence-corrected chi connectivity index (χ0v) is 10.5. The maximum atomic E-state index is 11.8. The van der Waals surface area contributed by atoms with Crippen molar-refractivity contribution in [1.82, 2.24) is 0 Å². The van der Waals surface area contributed by atoms with Crippen molar-refractivity contribution in [3.8, 4) is 5.75 Å². The van der Waals surface area contributed by atoms with E-state index in [2.05, 4.69) is 0 Å². The van der Waals surface area contributed by atoms with Gasteiger partial charge in [-0.05, 0) is 37.5 Å². The molecule has 0 spiro atoms. The molecule has 0 bridgehead atoms. The molecule has 0 aromatic heterocycles. The Morgan fingerprint density at radius 3 is 2.89 bits per heavy atom. The van der Waals surface area contributed by atoms with Crippen molar-refractivity contribution in [3.05, 3.63) is 29.8 Å². The largest absolute Gasteiger partial charge is 0.508 e. The van der Waals surface area contributed by atoms with E-state index in [1.807, 2.05) is 6.07 Å². The van der Waals surface area contributed by atoms with E-state index in [1.54, 1.807) is 25.1 Å². The van der Waals surface area contributed by atoms with Gasteiger partial charge in [0.1, 0.15) is 5.75 Å². The summed E-state index contributed by atoms with van der Waals surface area (Å²) in [6, 6.07) is 6.86. The van der Waals surface area contributed by atoms with Gasteiger partial charge in [-0.2, -0.15) is 0 Å². The van der Waals surface area contributed by atoms with Crippen molar-refractivity contribution in [2.75, 3.05) is 6.61 Å². The molecule has 0 saturated heterocycles. The Morgan fingerprint density at radius 2 is 2.28 bits per heavy atom. The maximum absolute atomic E-state index is 11.8. The fourth-order valence-electron chi connectivity index (χ4n) is 1.76. The average Bonchev–Trinajstić information content (AvgIpc) is 3.12. The lowest BCUT2D eigenvalue weighted by molar-refractivity contribution is -0.157. The van der Waals surface area contributed by atoms with Crippen molar-refractivity contribution in [2.45, 2.75) is 38.4 Å². The lowest BCUT2D eigenvalue weighted by atomic mass is 10.1. The highest BCUT2D eigenvalue weighted by Crippen LogP contribution is 2.26. The van der Waals surface area contributed by atoms with Crippen LogP contribution in [0.5, 0.6) is 5.75 Å². The van der Waals surface area contributed by atoms with Gasteiger partial charge in [0, 0.05) is 6.42 Å². The summed E-state index contributed by atoms with van der Waals surface area (Å²) in [6.07, 6.45) is 2.08. The predicted octanol–water partition coefficient (Wildman–Crippen LogP) is 2.05. The normalized spacial score (nSPS) is 16.3. The van der Waals surface area contributed by atoms with Crippen LogP contribution < -0.4 is 0 Å². The number of ether oxygens (including phenoxy) is 2. The van der Waals surface area contributed by atoms with Gasteiger partial charge < -0.3 is 14.6 Å². The maximum Gasteiger partial charge on any atom is 0.335 e. The zero-order chi connectivity index (χ0) is 13.0. The molecule has 0 amide bonds. The molecule has 1 saturated carbocycles. The van der Waals surface area contributed by atoms with E-state index in [-0.39, 0.29) is 17.8 Å². The van der Waals surface area contributed by atoms with Gasteiger partial charge in [-0.1, -0.05) is 12.1 Å². The third-order valence-corrected chi connectivity index (χ3v) is 2.76. The molecule has 1 unspecified atom stereocenters. The summed E-state index contributed by atoms with van der Waals surface area (Å²) >= 11 is 0. The van der Waals surface area contributed by atoms with Crippen LogP contribution in [-0.2, 0) is 20.7 Å². The second-order valence-electron chi connectivity index (χ2n) is 4.45. The first-order valence-electron chi connectivity index (χ1n) is 6.29. The van der Waals surface area contributed by atoms with Crippen LogP contribution in [0.3, 0.4) is 0 Å². The molecule has 0 radical (unpaired) electrons. The molecule has 0 heterocycles. The van der Waals surface area contributed by atoms with Crippen LogP contribution >= 0.6 is 0 Å². The molecule has 18 heavy (non-hydrogen) atoms. The van der Waals surface area contributed by atoms with Crippen molar-refractivity contribution in [3.63, 3.8) is 0 Å². The first-order chi connectivity index (χ1) is 8.69. The summed E-state index contributed by atoms with van der Waals surface area (Å²) in [5, 5.41) is 9.41. The standard InChI is InChI=1S/C14H18O4/c1-2-17-14(16)13(18-12-6-7-12)9-10-4-3-5-11(15)8-10/h3-5,8,12-13,15H,2,6-7,9H2,1H3. The molecule has 1 aromatic carbocycles. The van der Waals surface area contributed by atoms with Crippen molar-refractivity contribution < 1.29 is 19.4 Å². The summed E-state index contributed by atoms with van der Waals surface area (Å²) in [4.78, 5) is 11.8. The lowest BCUT2D eigenvalue weighted by Crippen LogP contribution is -2.29. The Balaban J connectivity index is 2.01. The smallest absolute Gasteiger partial charge is 0.335 e. The van der Waals surface area contributed by atoms with Crippen LogP contribution in [0.15, 0.2) is 24.3 Å². The minimum atomic E-state index is -0.570. The number of carbonyl (C=O) groups excluding carboxylic acids is 1. The Morgan fingerprint density at radius 1 is 1.50 bits per heavy atom. The summed E-state index contributed by atoms with van der Waals surface area (Å²) in [6.45, 7) is 2.13. The number of esters is 1. The first-order valence-corrected chi connectivity index (χ1v) is 6.29. The van der Waals surface area contributed by atoms with Crippen LogP contribution in [-0.4, -0.2) is 29.9 Å². The number of carbonyl (C=O) groups is 1. The van der Waals surface area contributed by atoms with Crippen LogP contribution in [0.1, 0.15) is 25.3 Å². The van der Waals surface area contributed by atoms with Crippen LogP contribution in [0.2, 0.25) is 0 Å². The Labute approximate surface area is 107 Å². The zero-order valence-electron chi connectivity index (χ0n) is 10.5. The predicted molar refractivity (Wildman–Crippen MR) is 66.3 cm³/mol. The summed E-state index contributed by atoms with van der Waals surface area (Å²) < 4.78 is 10.7. The van der Waals surface area contributed by atoms with Crippen LogP contribution in [0.4, 0.5) is 0 Å². The van der Waals surface area contributed by atoms with E-state index in [0.29, 0.717) is 13.0 Å². The highest BCUT2D eigenvalue weighted by Gasteiger charge is 2.31. The second kappa shape index (κ2) is 5.87. The molecule has 1 aliphatic rings. The third-order valence-electron chi connectivity index (χ3n) is 2.76. The first kappa shape index (κ1) is 12.9. The van der Waals surface area contributed by atoms with Crippen LogP contribution in [0.25, 0.3) is 0 Å². The number of aromatic hydroxyl groups is 1. The van der Waals surface area contributed by atoms with E-state index in [9.17, 15) is 9.90 Å². The molecule has 1 N–H and O–H groups in total. The van der Waals surface area contributed by atoms with Crippen molar-refractivity contribution in [2.24, 2.45) is 0 Å². The highest BCUT2D eigenvalue weighted by atomic mass is 16.6. The average molecular weight is 250 g/mol. The van der Waals surface area contributed by atoms with Gasteiger partial charge in [-0.25, -0.2) is 4.79 Å². The van der Waals surface area contributed by atoms with Crippen molar-refractivity contribution >= 4 is 5.97 Å². The molecular formula is C14H18O4. The van der Waals surface area contributed by atoms with E-state index in [4.69, 9.17) is 9.47 Å². The molecule has 4 heteroatoms. The fourth-order valence-corrected chi connectivity index (χ4v) is 1.76. The van der Waals surface area contributed by atoms with Gasteiger partial charge in [0.2, 0.25) is 0 Å². The monoisotopic (exact) mass is 250 g/mol. The van der Waals surface area contributed by atoms with Crippen molar-refractivity contribution in [1.29, 1.82) is 0 Å². The summed E-state index contributed by atoms with van der Waals surface area (Å²) in [5.41, 5.74) is 0.869. The molecule has 1 aromatic rings. The number of phenolic OH excluding ortho intramolecular Hbond substituents is 1. The van der Waals surface area contributed by atoms with Gasteiger partial charge in [-0.15, -0.1) is 0 Å². The minimum Gasteiger partial charge on any atom is -0.508 e. The minimum absolute atomic E-state index is 0.191. The van der Waals surface area contributed by atoms with Gasteiger partial charge in [0.05, 0.1) is 12.7 Å². The summed E-state index contributed by atoms with van der Waals surface area (Å²) in [7, 11) is 0. The highest BCUT2D eigenvalue weighted by molar-refractivity contribution is 5.75. The van der Waals surface area contributed by atoms with E-state index in [0.717, 1.165) is 18.4 Å². The third kappa shape index (κ3) is 3.74. The van der Waals surface area contributed by atoms with Gasteiger partial charge in [0.15, 0.2) is 6.10 Å². The molecule has 1 aliphatic carbocycles. The van der Waals surface area contributed by atoms with E-state index < -0.39 is 6.10 Å². The molecule has 0 aliphatic heterocycles. The topological polar surface area (TPSA) is 55.8 Å². The van der Waals surface area contributed by atoms with Gasteiger partial charge in [0.25, 0.3) is 0 Å². The molecule has 1 atom stereocenters. The Bertz CT molecular complexity index is 412. The fraction of sp³-hybridized carbons (Fsp3) is 0.500. The lowest BCUT2D eigenvalue weighted by Gasteiger charge is -2.16. The molecule has 1 fully saturated rings. The Hall–Kier alpha value is -1.55. The van der Waals surface area contributed by atoms with Gasteiger partial charge >= 0.3 is 5.97 Å². The SMILES string of the molecule is CCOC(=O)C(Cc1cccc(O)c1)OC1CC1. The quantitative estimate of drug-likeness (QED) is 0.785. The number of benzene rings is 1. The van der Waals surface area contributed by atoms with E-state index >= 15 is 0 Å². The summed E-state index contributed by atoms with van der Waals surface area (Å²) in [5.74, 6) is -0.130.